The van der Waals surface area contributed by atoms with Crippen LogP contribution in [0.4, 0.5) is 11.6 Å². The minimum Gasteiger partial charge on any atom is -0.312 e. The van der Waals surface area contributed by atoms with Crippen LogP contribution >= 0.6 is 15.9 Å². The zero-order chi connectivity index (χ0) is 21.7. The molecule has 31 heavy (non-hydrogen) atoms. The van der Waals surface area contributed by atoms with Gasteiger partial charge in [-0.15, -0.1) is 0 Å². The Labute approximate surface area is 187 Å². The van der Waals surface area contributed by atoms with Crippen molar-refractivity contribution in [3.05, 3.63) is 85.5 Å². The highest BCUT2D eigenvalue weighted by atomic mass is 79.9. The third-order valence-electron chi connectivity index (χ3n) is 5.76. The number of para-hydroxylation sites is 1. The number of aromatic nitrogens is 4. The molecule has 2 aromatic heterocycles. The highest BCUT2D eigenvalue weighted by Gasteiger charge is 2.29. The molecule has 0 amide bonds. The Morgan fingerprint density at radius 3 is 2.45 bits per heavy atom. The first-order chi connectivity index (χ1) is 14.9. The molecule has 0 spiro atoms. The number of fused-ring (bicyclic) bond motifs is 3. The van der Waals surface area contributed by atoms with E-state index in [4.69, 9.17) is 4.98 Å². The van der Waals surface area contributed by atoms with Crippen LogP contribution in [0.1, 0.15) is 12.5 Å². The van der Waals surface area contributed by atoms with E-state index in [-0.39, 0.29) is 17.8 Å². The number of benzene rings is 2. The molecule has 0 fully saturated rings. The minimum absolute atomic E-state index is 0.215. The summed E-state index contributed by atoms with van der Waals surface area (Å²) >= 11 is 3.42. The van der Waals surface area contributed by atoms with E-state index in [0.717, 1.165) is 22.3 Å². The Morgan fingerprint density at radius 2 is 1.74 bits per heavy atom. The van der Waals surface area contributed by atoms with Crippen LogP contribution < -0.4 is 16.1 Å². The first-order valence-electron chi connectivity index (χ1n) is 10.2. The van der Waals surface area contributed by atoms with Gasteiger partial charge in [0, 0.05) is 30.3 Å². The fraction of sp³-hybridized carbons (Fsp3) is 0.261. The van der Waals surface area contributed by atoms with Gasteiger partial charge in [-0.3, -0.25) is 13.9 Å². The van der Waals surface area contributed by atoms with E-state index in [2.05, 4.69) is 27.8 Å². The summed E-state index contributed by atoms with van der Waals surface area (Å²) in [5, 5.41) is 0. The molecule has 8 heteroatoms. The molecule has 0 bridgehead atoms. The summed E-state index contributed by atoms with van der Waals surface area (Å²) in [5.41, 5.74) is 2.14. The largest absolute Gasteiger partial charge is 0.332 e. The van der Waals surface area contributed by atoms with E-state index in [1.54, 1.807) is 7.05 Å². The Balaban J connectivity index is 1.72. The molecule has 158 valence electrons. The van der Waals surface area contributed by atoms with Gasteiger partial charge in [-0.05, 0) is 35.7 Å². The number of hydrogen-bond acceptors (Lipinski definition) is 4. The van der Waals surface area contributed by atoms with Crippen LogP contribution in [-0.2, 0) is 20.1 Å². The summed E-state index contributed by atoms with van der Waals surface area (Å²) in [5.74, 6) is 1.02. The summed E-state index contributed by atoms with van der Waals surface area (Å²) in [4.78, 5) is 33.5. The lowest BCUT2D eigenvalue weighted by Crippen LogP contribution is -2.40. The molecule has 1 atom stereocenters. The van der Waals surface area contributed by atoms with Crippen molar-refractivity contribution in [2.75, 3.05) is 11.4 Å². The van der Waals surface area contributed by atoms with E-state index in [1.807, 2.05) is 59.2 Å². The molecular weight excluding hydrogens is 458 g/mol. The third kappa shape index (κ3) is 3.31. The van der Waals surface area contributed by atoms with Crippen molar-refractivity contribution in [3.63, 3.8) is 0 Å². The molecule has 4 aromatic rings. The molecule has 1 aliphatic rings. The van der Waals surface area contributed by atoms with E-state index < -0.39 is 0 Å². The minimum atomic E-state index is -0.366. The molecule has 3 heterocycles. The van der Waals surface area contributed by atoms with Crippen molar-refractivity contribution in [2.45, 2.75) is 20.0 Å². The summed E-state index contributed by atoms with van der Waals surface area (Å²) in [6.07, 6.45) is 0. The molecule has 1 unspecified atom stereocenters. The molecule has 1 aliphatic heterocycles. The first-order valence-corrected chi connectivity index (χ1v) is 11.0. The molecule has 0 radical (unpaired) electrons. The van der Waals surface area contributed by atoms with Crippen LogP contribution in [0.25, 0.3) is 11.2 Å². The second-order valence-corrected chi connectivity index (χ2v) is 9.02. The maximum absolute atomic E-state index is 13.5. The van der Waals surface area contributed by atoms with E-state index in [1.165, 1.54) is 9.13 Å². The van der Waals surface area contributed by atoms with Crippen LogP contribution in [0, 0.1) is 5.92 Å². The smallest absolute Gasteiger partial charge is 0.312 e. The maximum Gasteiger partial charge on any atom is 0.332 e. The normalized spacial score (nSPS) is 16.0. The number of hydrogen-bond donors (Lipinski definition) is 0. The first kappa shape index (κ1) is 19.8. The summed E-state index contributed by atoms with van der Waals surface area (Å²) in [6.45, 7) is 3.86. The fourth-order valence-electron chi connectivity index (χ4n) is 4.24. The van der Waals surface area contributed by atoms with Gasteiger partial charge in [0.15, 0.2) is 11.2 Å². The lowest BCUT2D eigenvalue weighted by molar-refractivity contribution is 0.458. The van der Waals surface area contributed by atoms with Gasteiger partial charge in [0.1, 0.15) is 0 Å². The maximum atomic E-state index is 13.5. The zero-order valence-electron chi connectivity index (χ0n) is 17.3. The van der Waals surface area contributed by atoms with Gasteiger partial charge in [0.25, 0.3) is 5.56 Å². The molecule has 0 saturated heterocycles. The average Bonchev–Trinajstić information content (AvgIpc) is 3.16. The number of nitrogens with zero attached hydrogens (tertiary/aromatic N) is 5. The van der Waals surface area contributed by atoms with Crippen molar-refractivity contribution in [3.8, 4) is 0 Å². The van der Waals surface area contributed by atoms with Crippen LogP contribution in [-0.4, -0.2) is 25.2 Å². The van der Waals surface area contributed by atoms with Crippen molar-refractivity contribution in [1.29, 1.82) is 0 Å². The van der Waals surface area contributed by atoms with Gasteiger partial charge in [-0.25, -0.2) is 4.79 Å². The van der Waals surface area contributed by atoms with E-state index in [0.29, 0.717) is 29.6 Å². The van der Waals surface area contributed by atoms with E-state index in [9.17, 15) is 9.59 Å². The summed E-state index contributed by atoms with van der Waals surface area (Å²) < 4.78 is 5.70. The number of rotatable bonds is 3. The predicted molar refractivity (Wildman–Crippen MR) is 125 cm³/mol. The highest BCUT2D eigenvalue weighted by molar-refractivity contribution is 9.10. The molecule has 2 aromatic carbocycles. The Morgan fingerprint density at radius 1 is 1.03 bits per heavy atom. The van der Waals surface area contributed by atoms with Crippen LogP contribution in [0.2, 0.25) is 0 Å². The monoisotopic (exact) mass is 479 g/mol. The Kier molecular flexibility index (Phi) is 4.81. The third-order valence-corrected chi connectivity index (χ3v) is 6.29. The predicted octanol–water partition coefficient (Wildman–Crippen LogP) is 3.50. The molecule has 7 nitrogen and oxygen atoms in total. The average molecular weight is 480 g/mol. The second kappa shape index (κ2) is 7.53. The fourth-order valence-corrected chi connectivity index (χ4v) is 4.51. The van der Waals surface area contributed by atoms with Gasteiger partial charge < -0.3 is 9.47 Å². The topological polar surface area (TPSA) is 65.1 Å². The number of anilines is 2. The number of imidazole rings is 1. The molecular formula is C23H22BrN5O2. The van der Waals surface area contributed by atoms with Crippen LogP contribution in [0.15, 0.2) is 68.7 Å². The van der Waals surface area contributed by atoms with Crippen LogP contribution in [0.3, 0.4) is 0 Å². The van der Waals surface area contributed by atoms with Crippen molar-refractivity contribution in [1.82, 2.24) is 18.7 Å². The number of aryl methyl sites for hydroxylation is 1. The van der Waals surface area contributed by atoms with Crippen molar-refractivity contribution >= 4 is 38.7 Å². The molecule has 0 N–H and O–H groups in total. The SMILES string of the molecule is CC1CN(c2ccccc2)c2nc3c(c(=O)n(Cc4ccc(Br)cc4)c(=O)n3C)n2C1. The molecule has 0 aliphatic carbocycles. The summed E-state index contributed by atoms with van der Waals surface area (Å²) in [6, 6.07) is 17.7. The van der Waals surface area contributed by atoms with Crippen LogP contribution in [0.5, 0.6) is 0 Å². The molecule has 0 saturated carbocycles. The Bertz CT molecular complexity index is 1390. The van der Waals surface area contributed by atoms with Gasteiger partial charge >= 0.3 is 5.69 Å². The second-order valence-electron chi connectivity index (χ2n) is 8.11. The zero-order valence-corrected chi connectivity index (χ0v) is 18.9. The molecule has 5 rings (SSSR count). The lowest BCUT2D eigenvalue weighted by Gasteiger charge is -2.32. The summed E-state index contributed by atoms with van der Waals surface area (Å²) in [7, 11) is 1.68. The van der Waals surface area contributed by atoms with Gasteiger partial charge in [0.05, 0.1) is 6.54 Å². The van der Waals surface area contributed by atoms with Crippen molar-refractivity contribution < 1.29 is 0 Å². The van der Waals surface area contributed by atoms with Gasteiger partial charge in [0.2, 0.25) is 5.95 Å². The lowest BCUT2D eigenvalue weighted by atomic mass is 10.1. The Hall–Kier alpha value is -3.13. The van der Waals surface area contributed by atoms with Crippen molar-refractivity contribution in [2.24, 2.45) is 13.0 Å². The quantitative estimate of drug-likeness (QED) is 0.451. The standard InChI is InChI=1S/C23H22BrN5O2/c1-15-12-27(18-6-4-3-5-7-18)22-25-20-19(28(22)13-15)21(30)29(23(31)26(20)2)14-16-8-10-17(24)11-9-16/h3-11,15H,12-14H2,1-2H3. The number of halogens is 1. The highest BCUT2D eigenvalue weighted by Crippen LogP contribution is 2.32. The van der Waals surface area contributed by atoms with Gasteiger partial charge in [-0.1, -0.05) is 53.2 Å². The van der Waals surface area contributed by atoms with Gasteiger partial charge in [-0.2, -0.15) is 4.98 Å². The van der Waals surface area contributed by atoms with E-state index >= 15 is 0 Å².